The lowest BCUT2D eigenvalue weighted by atomic mass is 10.0. The molecule has 0 unspecified atom stereocenters. The van der Waals surface area contributed by atoms with E-state index >= 15 is 0 Å². The number of carbonyl (C=O) groups excluding carboxylic acids is 1. The van der Waals surface area contributed by atoms with E-state index in [9.17, 15) is 4.79 Å². The zero-order valence-corrected chi connectivity index (χ0v) is 12.7. The number of aromatic amines is 1. The van der Waals surface area contributed by atoms with E-state index in [-0.39, 0.29) is 5.69 Å². The number of rotatable bonds is 3. The number of nitrogens with one attached hydrogen (secondary N) is 1. The molecule has 7 heteroatoms. The van der Waals surface area contributed by atoms with Crippen molar-refractivity contribution >= 4 is 29.1 Å². The zero-order valence-electron chi connectivity index (χ0n) is 11.2. The van der Waals surface area contributed by atoms with Gasteiger partial charge in [0.25, 0.3) is 5.91 Å². The van der Waals surface area contributed by atoms with E-state index in [4.69, 9.17) is 28.9 Å². The summed E-state index contributed by atoms with van der Waals surface area (Å²) in [6.45, 7) is 0. The smallest absolute Gasteiger partial charge is 0.271 e. The first kappa shape index (κ1) is 14.6. The summed E-state index contributed by atoms with van der Waals surface area (Å²) in [7, 11) is 0. The molecule has 3 N–H and O–H groups in total. The van der Waals surface area contributed by atoms with Crippen LogP contribution in [0, 0.1) is 0 Å². The highest BCUT2D eigenvalue weighted by atomic mass is 35.5. The van der Waals surface area contributed by atoms with Gasteiger partial charge in [-0.25, -0.2) is 0 Å². The molecule has 22 heavy (non-hydrogen) atoms. The summed E-state index contributed by atoms with van der Waals surface area (Å²) in [6.07, 6.45) is 0. The lowest BCUT2D eigenvalue weighted by Gasteiger charge is -2.05. The first-order valence-corrected chi connectivity index (χ1v) is 7.08. The van der Waals surface area contributed by atoms with E-state index in [0.717, 1.165) is 16.7 Å². The number of hydrogen-bond donors (Lipinski definition) is 2. The van der Waals surface area contributed by atoms with Crippen molar-refractivity contribution in [2.75, 3.05) is 0 Å². The topological polar surface area (TPSA) is 84.7 Å². The number of amides is 1. The zero-order chi connectivity index (χ0) is 15.7. The lowest BCUT2D eigenvalue weighted by molar-refractivity contribution is 0.0996. The summed E-state index contributed by atoms with van der Waals surface area (Å²) in [5.74, 6) is -0.627. The van der Waals surface area contributed by atoms with Gasteiger partial charge in [0.2, 0.25) is 0 Å². The molecule has 2 aromatic carbocycles. The van der Waals surface area contributed by atoms with Crippen LogP contribution in [0.3, 0.4) is 0 Å². The average Bonchev–Trinajstić information content (AvgIpc) is 3.00. The van der Waals surface area contributed by atoms with Crippen LogP contribution in [0.1, 0.15) is 10.5 Å². The van der Waals surface area contributed by atoms with Crippen LogP contribution in [0.25, 0.3) is 22.4 Å². The number of hydrogen-bond acceptors (Lipinski definition) is 3. The van der Waals surface area contributed by atoms with E-state index in [1.165, 1.54) is 0 Å². The van der Waals surface area contributed by atoms with E-state index in [1.54, 1.807) is 12.1 Å². The van der Waals surface area contributed by atoms with Crippen LogP contribution >= 0.6 is 23.2 Å². The van der Waals surface area contributed by atoms with Crippen molar-refractivity contribution in [3.05, 3.63) is 58.2 Å². The summed E-state index contributed by atoms with van der Waals surface area (Å²) < 4.78 is 0. The molecule has 1 aromatic heterocycles. The number of aromatic nitrogens is 3. The van der Waals surface area contributed by atoms with E-state index in [2.05, 4.69) is 15.4 Å². The SMILES string of the molecule is NC(=O)c1n[nH]nc1-c1ccc(-c2ccc(Cl)c(Cl)c2)cc1. The summed E-state index contributed by atoms with van der Waals surface area (Å²) in [5, 5.41) is 11.1. The standard InChI is InChI=1S/C15H10Cl2N4O/c16-11-6-5-10(7-12(11)17)8-1-3-9(4-2-8)13-14(15(18)22)20-21-19-13/h1-7H,(H2,18,22)(H,19,20,21). The highest BCUT2D eigenvalue weighted by molar-refractivity contribution is 6.42. The second-order valence-corrected chi connectivity index (χ2v) is 5.41. The fraction of sp³-hybridized carbons (Fsp3) is 0. The van der Waals surface area contributed by atoms with Crippen LogP contribution in [0.4, 0.5) is 0 Å². The van der Waals surface area contributed by atoms with Gasteiger partial charge in [0.1, 0.15) is 5.69 Å². The third-order valence-corrected chi connectivity index (χ3v) is 3.93. The minimum Gasteiger partial charge on any atom is -0.364 e. The number of carbonyl (C=O) groups is 1. The van der Waals surface area contributed by atoms with Crippen molar-refractivity contribution in [1.82, 2.24) is 15.4 Å². The van der Waals surface area contributed by atoms with Gasteiger partial charge in [-0.3, -0.25) is 4.79 Å². The summed E-state index contributed by atoms with van der Waals surface area (Å²) in [4.78, 5) is 11.3. The van der Waals surface area contributed by atoms with Gasteiger partial charge in [0, 0.05) is 5.56 Å². The number of primary amides is 1. The molecule has 0 fully saturated rings. The molecule has 1 heterocycles. The molecular weight excluding hydrogens is 323 g/mol. The summed E-state index contributed by atoms with van der Waals surface area (Å²) >= 11 is 11.9. The third kappa shape index (κ3) is 2.68. The molecule has 0 radical (unpaired) electrons. The molecule has 0 aliphatic heterocycles. The van der Waals surface area contributed by atoms with Crippen LogP contribution < -0.4 is 5.73 Å². The number of H-pyrrole nitrogens is 1. The first-order valence-electron chi connectivity index (χ1n) is 6.32. The minimum atomic E-state index is -0.627. The Kier molecular flexibility index (Phi) is 3.83. The fourth-order valence-corrected chi connectivity index (χ4v) is 2.40. The Morgan fingerprint density at radius 1 is 0.909 bits per heavy atom. The van der Waals surface area contributed by atoms with Crippen LogP contribution in [0.2, 0.25) is 10.0 Å². The molecular formula is C15H10Cl2N4O. The summed E-state index contributed by atoms with van der Waals surface area (Å²) in [5.41, 5.74) is 8.44. The van der Waals surface area contributed by atoms with Gasteiger partial charge in [-0.15, -0.1) is 0 Å². The molecule has 0 atom stereocenters. The highest BCUT2D eigenvalue weighted by Crippen LogP contribution is 2.30. The van der Waals surface area contributed by atoms with Crippen LogP contribution in [0.15, 0.2) is 42.5 Å². The summed E-state index contributed by atoms with van der Waals surface area (Å²) in [6, 6.07) is 12.9. The van der Waals surface area contributed by atoms with E-state index in [1.807, 2.05) is 30.3 Å². The lowest BCUT2D eigenvalue weighted by Crippen LogP contribution is -2.12. The Bertz CT molecular complexity index is 843. The predicted molar refractivity (Wildman–Crippen MR) is 85.8 cm³/mol. The van der Waals surface area contributed by atoms with Crippen LogP contribution in [-0.4, -0.2) is 21.3 Å². The van der Waals surface area contributed by atoms with Gasteiger partial charge in [-0.1, -0.05) is 53.5 Å². The molecule has 5 nitrogen and oxygen atoms in total. The van der Waals surface area contributed by atoms with Crippen molar-refractivity contribution in [2.24, 2.45) is 5.73 Å². The number of nitrogens with two attached hydrogens (primary N) is 1. The Hall–Kier alpha value is -2.37. The minimum absolute atomic E-state index is 0.113. The second-order valence-electron chi connectivity index (χ2n) is 4.59. The van der Waals surface area contributed by atoms with Gasteiger partial charge < -0.3 is 5.73 Å². The number of benzene rings is 2. The maximum atomic E-state index is 11.3. The van der Waals surface area contributed by atoms with E-state index in [0.29, 0.717) is 15.7 Å². The van der Waals surface area contributed by atoms with Gasteiger partial charge in [-0.2, -0.15) is 15.4 Å². The highest BCUT2D eigenvalue weighted by Gasteiger charge is 2.15. The maximum absolute atomic E-state index is 11.3. The maximum Gasteiger partial charge on any atom is 0.271 e. The fourth-order valence-electron chi connectivity index (χ4n) is 2.10. The quantitative estimate of drug-likeness (QED) is 0.769. The van der Waals surface area contributed by atoms with Gasteiger partial charge in [-0.05, 0) is 23.3 Å². The van der Waals surface area contributed by atoms with E-state index < -0.39 is 5.91 Å². The Morgan fingerprint density at radius 2 is 1.55 bits per heavy atom. The normalized spacial score (nSPS) is 10.6. The first-order chi connectivity index (χ1) is 10.6. The average molecular weight is 333 g/mol. The molecule has 0 saturated heterocycles. The molecule has 0 bridgehead atoms. The Balaban J connectivity index is 1.97. The third-order valence-electron chi connectivity index (χ3n) is 3.19. The molecule has 0 saturated carbocycles. The van der Waals surface area contributed by atoms with Crippen molar-refractivity contribution in [1.29, 1.82) is 0 Å². The molecule has 3 rings (SSSR count). The van der Waals surface area contributed by atoms with Crippen molar-refractivity contribution in [3.8, 4) is 22.4 Å². The Labute approximate surface area is 136 Å². The molecule has 1 amide bonds. The monoisotopic (exact) mass is 332 g/mol. The van der Waals surface area contributed by atoms with Crippen molar-refractivity contribution < 1.29 is 4.79 Å². The molecule has 3 aromatic rings. The predicted octanol–water partition coefficient (Wildman–Crippen LogP) is 3.54. The number of halogens is 2. The van der Waals surface area contributed by atoms with Crippen molar-refractivity contribution in [3.63, 3.8) is 0 Å². The van der Waals surface area contributed by atoms with Crippen molar-refractivity contribution in [2.45, 2.75) is 0 Å². The molecule has 0 aliphatic carbocycles. The second kappa shape index (κ2) is 5.79. The molecule has 110 valence electrons. The number of nitrogens with zero attached hydrogens (tertiary/aromatic N) is 2. The van der Waals surface area contributed by atoms with Gasteiger partial charge in [0.05, 0.1) is 10.0 Å². The van der Waals surface area contributed by atoms with Gasteiger partial charge in [0.15, 0.2) is 5.69 Å². The Morgan fingerprint density at radius 3 is 2.18 bits per heavy atom. The van der Waals surface area contributed by atoms with Crippen LogP contribution in [-0.2, 0) is 0 Å². The van der Waals surface area contributed by atoms with Gasteiger partial charge >= 0.3 is 0 Å². The molecule has 0 spiro atoms. The largest absolute Gasteiger partial charge is 0.364 e. The molecule has 0 aliphatic rings. The van der Waals surface area contributed by atoms with Crippen LogP contribution in [0.5, 0.6) is 0 Å².